The number of hydrogen-bond donors (Lipinski definition) is 2. The van der Waals surface area contributed by atoms with E-state index in [0.29, 0.717) is 6.61 Å². The molecule has 0 amide bonds. The van der Waals surface area contributed by atoms with E-state index >= 15 is 0 Å². The summed E-state index contributed by atoms with van der Waals surface area (Å²) < 4.78 is 5.32. The molecule has 122 valence electrons. The number of aromatic nitrogens is 1. The SMILES string of the molecule is COc1ccc2[nH]cc(CCCCCCCCCCO)c2c1. The molecule has 0 bridgehead atoms. The quantitative estimate of drug-likeness (QED) is 0.584. The summed E-state index contributed by atoms with van der Waals surface area (Å²) in [6.45, 7) is 0.343. The van der Waals surface area contributed by atoms with Crippen molar-refractivity contribution in [3.05, 3.63) is 30.0 Å². The third kappa shape index (κ3) is 5.06. The van der Waals surface area contributed by atoms with Gasteiger partial charge in [-0.05, 0) is 43.0 Å². The zero-order valence-electron chi connectivity index (χ0n) is 13.7. The molecule has 0 saturated heterocycles. The zero-order chi connectivity index (χ0) is 15.6. The highest BCUT2D eigenvalue weighted by atomic mass is 16.5. The molecule has 1 aromatic carbocycles. The molecule has 22 heavy (non-hydrogen) atoms. The van der Waals surface area contributed by atoms with Gasteiger partial charge in [0.2, 0.25) is 0 Å². The minimum absolute atomic E-state index is 0.343. The molecule has 0 saturated carbocycles. The Morgan fingerprint density at radius 2 is 1.64 bits per heavy atom. The van der Waals surface area contributed by atoms with Crippen LogP contribution < -0.4 is 4.74 Å². The smallest absolute Gasteiger partial charge is 0.119 e. The molecular formula is C19H29NO2. The standard InChI is InChI=1S/C19H29NO2/c1-22-17-11-12-19-18(14-17)16(15-20-19)10-8-6-4-2-3-5-7-9-13-21/h11-12,14-15,20-21H,2-10,13H2,1H3. The van der Waals surface area contributed by atoms with E-state index in [4.69, 9.17) is 9.84 Å². The number of H-pyrrole nitrogens is 1. The molecule has 2 N–H and O–H groups in total. The van der Waals surface area contributed by atoms with Crippen molar-refractivity contribution in [2.45, 2.75) is 57.8 Å². The lowest BCUT2D eigenvalue weighted by Crippen LogP contribution is -1.87. The number of aliphatic hydroxyl groups is 1. The summed E-state index contributed by atoms with van der Waals surface area (Å²) >= 11 is 0. The van der Waals surface area contributed by atoms with Gasteiger partial charge in [0.05, 0.1) is 7.11 Å². The summed E-state index contributed by atoms with van der Waals surface area (Å²) in [5.41, 5.74) is 2.59. The van der Waals surface area contributed by atoms with Crippen molar-refractivity contribution in [1.29, 1.82) is 0 Å². The van der Waals surface area contributed by atoms with Crippen LogP contribution >= 0.6 is 0 Å². The highest BCUT2D eigenvalue weighted by molar-refractivity contribution is 5.84. The fourth-order valence-electron chi connectivity index (χ4n) is 2.98. The second-order valence-electron chi connectivity index (χ2n) is 6.03. The predicted molar refractivity (Wildman–Crippen MR) is 92.6 cm³/mol. The van der Waals surface area contributed by atoms with Crippen LogP contribution in [0.25, 0.3) is 10.9 Å². The van der Waals surface area contributed by atoms with Gasteiger partial charge in [-0.2, -0.15) is 0 Å². The van der Waals surface area contributed by atoms with Gasteiger partial charge in [0.25, 0.3) is 0 Å². The number of benzene rings is 1. The summed E-state index contributed by atoms with van der Waals surface area (Å²) in [5, 5.41) is 10.0. The van der Waals surface area contributed by atoms with E-state index in [1.165, 1.54) is 61.4 Å². The first-order valence-corrected chi connectivity index (χ1v) is 8.60. The van der Waals surface area contributed by atoms with Crippen molar-refractivity contribution in [3.63, 3.8) is 0 Å². The van der Waals surface area contributed by atoms with Gasteiger partial charge in [-0.3, -0.25) is 0 Å². The maximum Gasteiger partial charge on any atom is 0.119 e. The number of aliphatic hydroxyl groups excluding tert-OH is 1. The highest BCUT2D eigenvalue weighted by Crippen LogP contribution is 2.25. The lowest BCUT2D eigenvalue weighted by Gasteiger charge is -2.03. The Bertz CT molecular complexity index is 547. The summed E-state index contributed by atoms with van der Waals surface area (Å²) in [7, 11) is 1.72. The van der Waals surface area contributed by atoms with Gasteiger partial charge in [-0.25, -0.2) is 0 Å². The molecule has 0 atom stereocenters. The Balaban J connectivity index is 1.67. The molecule has 3 heteroatoms. The third-order valence-electron chi connectivity index (χ3n) is 4.33. The van der Waals surface area contributed by atoms with Crippen molar-refractivity contribution in [2.24, 2.45) is 0 Å². The second kappa shape index (κ2) is 9.52. The first-order chi connectivity index (χ1) is 10.8. The molecular weight excluding hydrogens is 274 g/mol. The van der Waals surface area contributed by atoms with Crippen LogP contribution in [-0.4, -0.2) is 23.8 Å². The van der Waals surface area contributed by atoms with E-state index in [1.807, 2.05) is 6.07 Å². The van der Waals surface area contributed by atoms with E-state index in [1.54, 1.807) is 7.11 Å². The molecule has 1 aromatic heterocycles. The maximum absolute atomic E-state index is 8.73. The van der Waals surface area contributed by atoms with Gasteiger partial charge in [-0.15, -0.1) is 0 Å². The van der Waals surface area contributed by atoms with Crippen molar-refractivity contribution in [3.8, 4) is 5.75 Å². The summed E-state index contributed by atoms with van der Waals surface area (Å²) in [6.07, 6.45) is 13.2. The van der Waals surface area contributed by atoms with Gasteiger partial charge in [0.15, 0.2) is 0 Å². The summed E-state index contributed by atoms with van der Waals surface area (Å²) in [5.74, 6) is 0.927. The van der Waals surface area contributed by atoms with Crippen molar-refractivity contribution in [2.75, 3.05) is 13.7 Å². The van der Waals surface area contributed by atoms with E-state index in [9.17, 15) is 0 Å². The molecule has 0 radical (unpaired) electrons. The molecule has 0 unspecified atom stereocenters. The van der Waals surface area contributed by atoms with Crippen LogP contribution in [0.3, 0.4) is 0 Å². The predicted octanol–water partition coefficient (Wildman–Crippen LogP) is 4.83. The normalized spacial score (nSPS) is 11.2. The van der Waals surface area contributed by atoms with E-state index in [0.717, 1.165) is 18.6 Å². The molecule has 0 fully saturated rings. The van der Waals surface area contributed by atoms with Gasteiger partial charge >= 0.3 is 0 Å². The van der Waals surface area contributed by atoms with Gasteiger partial charge in [0, 0.05) is 23.7 Å². The minimum Gasteiger partial charge on any atom is -0.497 e. The van der Waals surface area contributed by atoms with Crippen LogP contribution in [0.15, 0.2) is 24.4 Å². The largest absolute Gasteiger partial charge is 0.497 e. The number of hydrogen-bond acceptors (Lipinski definition) is 2. The van der Waals surface area contributed by atoms with Gasteiger partial charge in [0.1, 0.15) is 5.75 Å². The molecule has 3 nitrogen and oxygen atoms in total. The van der Waals surface area contributed by atoms with Gasteiger partial charge < -0.3 is 14.8 Å². The van der Waals surface area contributed by atoms with E-state index < -0.39 is 0 Å². The zero-order valence-corrected chi connectivity index (χ0v) is 13.7. The third-order valence-corrected chi connectivity index (χ3v) is 4.33. The molecule has 1 heterocycles. The highest BCUT2D eigenvalue weighted by Gasteiger charge is 2.04. The van der Waals surface area contributed by atoms with Crippen molar-refractivity contribution in [1.82, 2.24) is 4.98 Å². The number of methoxy groups -OCH3 is 1. The van der Waals surface area contributed by atoms with Crippen LogP contribution in [0.4, 0.5) is 0 Å². The summed E-state index contributed by atoms with van der Waals surface area (Å²) in [4.78, 5) is 3.34. The molecule has 2 rings (SSSR count). The van der Waals surface area contributed by atoms with Gasteiger partial charge in [-0.1, -0.05) is 38.5 Å². The van der Waals surface area contributed by atoms with Crippen LogP contribution in [0.1, 0.15) is 56.9 Å². The monoisotopic (exact) mass is 303 g/mol. The number of aromatic amines is 1. The number of ether oxygens (including phenoxy) is 1. The number of rotatable bonds is 11. The van der Waals surface area contributed by atoms with Crippen LogP contribution in [0, 0.1) is 0 Å². The minimum atomic E-state index is 0.343. The Hall–Kier alpha value is -1.48. The first kappa shape index (κ1) is 16.9. The van der Waals surface area contributed by atoms with Crippen LogP contribution in [0.2, 0.25) is 0 Å². The fourth-order valence-corrected chi connectivity index (χ4v) is 2.98. The molecule has 0 aliphatic carbocycles. The lowest BCUT2D eigenvalue weighted by atomic mass is 10.0. The molecule has 0 aliphatic heterocycles. The number of aryl methyl sites for hydroxylation is 1. The first-order valence-electron chi connectivity index (χ1n) is 8.60. The Kier molecular flexibility index (Phi) is 7.31. The summed E-state index contributed by atoms with van der Waals surface area (Å²) in [6, 6.07) is 6.21. The number of fused-ring (bicyclic) bond motifs is 1. The second-order valence-corrected chi connectivity index (χ2v) is 6.03. The molecule has 0 spiro atoms. The van der Waals surface area contributed by atoms with E-state index in [-0.39, 0.29) is 0 Å². The Morgan fingerprint density at radius 3 is 2.32 bits per heavy atom. The van der Waals surface area contributed by atoms with Crippen LogP contribution in [0.5, 0.6) is 5.75 Å². The average Bonchev–Trinajstić information content (AvgIpc) is 2.95. The Labute approximate surface area is 133 Å². The Morgan fingerprint density at radius 1 is 0.955 bits per heavy atom. The maximum atomic E-state index is 8.73. The fraction of sp³-hybridized carbons (Fsp3) is 0.579. The van der Waals surface area contributed by atoms with Crippen LogP contribution in [-0.2, 0) is 6.42 Å². The molecule has 2 aromatic rings. The topological polar surface area (TPSA) is 45.2 Å². The van der Waals surface area contributed by atoms with Crippen molar-refractivity contribution < 1.29 is 9.84 Å². The number of unbranched alkanes of at least 4 members (excludes halogenated alkanes) is 7. The van der Waals surface area contributed by atoms with E-state index in [2.05, 4.69) is 23.3 Å². The van der Waals surface area contributed by atoms with Crippen molar-refractivity contribution >= 4 is 10.9 Å². The average molecular weight is 303 g/mol. The number of nitrogens with one attached hydrogen (secondary N) is 1. The lowest BCUT2D eigenvalue weighted by molar-refractivity contribution is 0.282. The molecule has 0 aliphatic rings.